The van der Waals surface area contributed by atoms with E-state index in [2.05, 4.69) is 18.7 Å². The third-order valence-corrected chi connectivity index (χ3v) is 6.53. The first-order valence-electron chi connectivity index (χ1n) is 6.98. The van der Waals surface area contributed by atoms with Gasteiger partial charge in [0.05, 0.1) is 0 Å². The number of nitrogens with two attached hydrogens (primary N) is 1. The van der Waals surface area contributed by atoms with E-state index in [1.54, 1.807) is 38.5 Å². The average Bonchev–Trinajstić information content (AvgIpc) is 2.13. The second-order valence-corrected chi connectivity index (χ2v) is 7.94. The molecule has 1 nitrogen and oxygen atoms in total. The minimum absolute atomic E-state index is 0.374. The van der Waals surface area contributed by atoms with Crippen LogP contribution in [0.5, 0.6) is 0 Å². The lowest BCUT2D eigenvalue weighted by molar-refractivity contribution is -0.0381. The van der Waals surface area contributed by atoms with Gasteiger partial charge in [-0.2, -0.15) is 11.8 Å². The first-order valence-corrected chi connectivity index (χ1v) is 8.14. The fourth-order valence-corrected chi connectivity index (χ4v) is 6.20. The van der Waals surface area contributed by atoms with Gasteiger partial charge in [-0.15, -0.1) is 0 Å². The second kappa shape index (κ2) is 4.20. The highest BCUT2D eigenvalue weighted by molar-refractivity contribution is 7.99. The van der Waals surface area contributed by atoms with Crippen LogP contribution in [0.25, 0.3) is 0 Å². The maximum atomic E-state index is 5.85. The van der Waals surface area contributed by atoms with Gasteiger partial charge in [-0.1, -0.05) is 0 Å². The van der Waals surface area contributed by atoms with Gasteiger partial charge in [0.2, 0.25) is 0 Å². The summed E-state index contributed by atoms with van der Waals surface area (Å²) in [6.45, 7) is 2.13. The summed E-state index contributed by atoms with van der Waals surface area (Å²) in [4.78, 5) is 0. The average molecular weight is 239 g/mol. The van der Waals surface area contributed by atoms with Crippen LogP contribution in [0.1, 0.15) is 45.4 Å². The van der Waals surface area contributed by atoms with Crippen molar-refractivity contribution in [3.05, 3.63) is 0 Å². The van der Waals surface area contributed by atoms with Crippen LogP contribution in [0.4, 0.5) is 0 Å². The Kier molecular flexibility index (Phi) is 3.00. The van der Waals surface area contributed by atoms with E-state index in [-0.39, 0.29) is 0 Å². The topological polar surface area (TPSA) is 26.0 Å². The van der Waals surface area contributed by atoms with Gasteiger partial charge in [0.15, 0.2) is 0 Å². The zero-order valence-electron chi connectivity index (χ0n) is 10.5. The first kappa shape index (κ1) is 11.4. The zero-order valence-corrected chi connectivity index (χ0v) is 11.3. The molecule has 4 fully saturated rings. The summed E-state index contributed by atoms with van der Waals surface area (Å²) in [6, 6.07) is 0.374. The quantitative estimate of drug-likeness (QED) is 0.815. The minimum atomic E-state index is 0.374. The summed E-state index contributed by atoms with van der Waals surface area (Å²) in [7, 11) is 0. The lowest BCUT2D eigenvalue weighted by Crippen LogP contribution is -2.47. The van der Waals surface area contributed by atoms with Gasteiger partial charge >= 0.3 is 0 Å². The van der Waals surface area contributed by atoms with Gasteiger partial charge in [-0.25, -0.2) is 0 Å². The third-order valence-electron chi connectivity index (χ3n) is 4.95. The van der Waals surface area contributed by atoms with Crippen LogP contribution in [0, 0.1) is 23.2 Å². The molecule has 0 aromatic heterocycles. The van der Waals surface area contributed by atoms with Crippen molar-refractivity contribution in [3.63, 3.8) is 0 Å². The summed E-state index contributed by atoms with van der Waals surface area (Å²) in [6.07, 6.45) is 9.34. The van der Waals surface area contributed by atoms with Crippen molar-refractivity contribution in [3.8, 4) is 0 Å². The molecule has 4 saturated carbocycles. The van der Waals surface area contributed by atoms with Crippen molar-refractivity contribution in [1.29, 1.82) is 0 Å². The highest BCUT2D eigenvalue weighted by atomic mass is 32.2. The van der Waals surface area contributed by atoms with Crippen LogP contribution in [-0.2, 0) is 0 Å². The van der Waals surface area contributed by atoms with Gasteiger partial charge in [0, 0.05) is 11.8 Å². The van der Waals surface area contributed by atoms with E-state index in [1.165, 1.54) is 5.75 Å². The van der Waals surface area contributed by atoms with E-state index < -0.39 is 0 Å². The molecular weight excluding hydrogens is 214 g/mol. The standard InChI is InChI=1S/C14H25NS/c1-10(15)8-16-9-14-5-11-2-12(6-14)4-13(3-11)7-14/h10-13H,2-9,15H2,1H3. The highest BCUT2D eigenvalue weighted by Gasteiger charge is 2.50. The van der Waals surface area contributed by atoms with Crippen LogP contribution in [0.15, 0.2) is 0 Å². The maximum Gasteiger partial charge on any atom is 0.0101 e. The summed E-state index contributed by atoms with van der Waals surface area (Å²) >= 11 is 2.12. The molecule has 4 bridgehead atoms. The van der Waals surface area contributed by atoms with Crippen molar-refractivity contribution >= 4 is 11.8 Å². The van der Waals surface area contributed by atoms with Crippen molar-refractivity contribution < 1.29 is 0 Å². The second-order valence-electron chi connectivity index (χ2n) is 6.91. The molecule has 1 unspecified atom stereocenters. The van der Waals surface area contributed by atoms with Crippen LogP contribution >= 0.6 is 11.8 Å². The van der Waals surface area contributed by atoms with Gasteiger partial charge in [-0.05, 0) is 74.4 Å². The predicted octanol–water partition coefficient (Wildman–Crippen LogP) is 3.28. The molecule has 0 amide bonds. The summed E-state index contributed by atoms with van der Waals surface area (Å²) < 4.78 is 0. The predicted molar refractivity (Wildman–Crippen MR) is 71.6 cm³/mol. The fourth-order valence-electron chi connectivity index (χ4n) is 4.93. The van der Waals surface area contributed by atoms with Gasteiger partial charge in [0.1, 0.15) is 0 Å². The van der Waals surface area contributed by atoms with Gasteiger partial charge in [-0.3, -0.25) is 0 Å². The summed E-state index contributed by atoms with van der Waals surface area (Å²) in [5.74, 6) is 5.85. The Bertz CT molecular complexity index is 226. The van der Waals surface area contributed by atoms with Crippen molar-refractivity contribution in [2.24, 2.45) is 28.9 Å². The molecule has 92 valence electrons. The highest BCUT2D eigenvalue weighted by Crippen LogP contribution is 2.60. The molecule has 4 aliphatic rings. The molecular formula is C14H25NS. The van der Waals surface area contributed by atoms with E-state index >= 15 is 0 Å². The van der Waals surface area contributed by atoms with Crippen LogP contribution in [0.2, 0.25) is 0 Å². The van der Waals surface area contributed by atoms with E-state index in [9.17, 15) is 0 Å². The Labute approximate surface area is 104 Å². The number of hydrogen-bond donors (Lipinski definition) is 1. The molecule has 0 saturated heterocycles. The molecule has 16 heavy (non-hydrogen) atoms. The molecule has 2 N–H and O–H groups in total. The van der Waals surface area contributed by atoms with Crippen LogP contribution in [-0.4, -0.2) is 17.5 Å². The van der Waals surface area contributed by atoms with Gasteiger partial charge < -0.3 is 5.73 Å². The smallest absolute Gasteiger partial charge is 0.0101 e. The molecule has 0 spiro atoms. The van der Waals surface area contributed by atoms with E-state index in [0.29, 0.717) is 6.04 Å². The Hall–Kier alpha value is 0.310. The number of hydrogen-bond acceptors (Lipinski definition) is 2. The Morgan fingerprint density at radius 3 is 2.06 bits per heavy atom. The molecule has 1 atom stereocenters. The van der Waals surface area contributed by atoms with E-state index in [1.807, 2.05) is 0 Å². The van der Waals surface area contributed by atoms with E-state index in [4.69, 9.17) is 5.73 Å². The van der Waals surface area contributed by atoms with Crippen LogP contribution < -0.4 is 5.73 Å². The molecule has 0 aromatic rings. The maximum absolute atomic E-state index is 5.85. The van der Waals surface area contributed by atoms with Crippen molar-refractivity contribution in [1.82, 2.24) is 0 Å². The molecule has 4 aliphatic carbocycles. The SMILES string of the molecule is CC(N)CSCC12CC3CC(CC(C3)C1)C2. The molecule has 0 aliphatic heterocycles. The van der Waals surface area contributed by atoms with Crippen LogP contribution in [0.3, 0.4) is 0 Å². The number of rotatable bonds is 4. The first-order chi connectivity index (χ1) is 7.65. The largest absolute Gasteiger partial charge is 0.327 e. The molecule has 0 heterocycles. The fraction of sp³-hybridized carbons (Fsp3) is 1.00. The lowest BCUT2D eigenvalue weighted by Gasteiger charge is -2.57. The summed E-state index contributed by atoms with van der Waals surface area (Å²) in [5, 5.41) is 0. The Morgan fingerprint density at radius 1 is 1.12 bits per heavy atom. The molecule has 0 radical (unpaired) electrons. The van der Waals surface area contributed by atoms with Crippen molar-refractivity contribution in [2.75, 3.05) is 11.5 Å². The Morgan fingerprint density at radius 2 is 1.62 bits per heavy atom. The van der Waals surface area contributed by atoms with E-state index in [0.717, 1.165) is 28.9 Å². The lowest BCUT2D eigenvalue weighted by atomic mass is 9.50. The zero-order chi connectivity index (χ0) is 11.2. The normalized spacial score (nSPS) is 47.2. The molecule has 4 rings (SSSR count). The molecule has 0 aromatic carbocycles. The number of thioether (sulfide) groups is 1. The minimum Gasteiger partial charge on any atom is -0.327 e. The Balaban J connectivity index is 1.60. The van der Waals surface area contributed by atoms with Crippen molar-refractivity contribution in [2.45, 2.75) is 51.5 Å². The van der Waals surface area contributed by atoms with Gasteiger partial charge in [0.25, 0.3) is 0 Å². The molecule has 2 heteroatoms. The monoisotopic (exact) mass is 239 g/mol. The third kappa shape index (κ3) is 2.15. The summed E-state index contributed by atoms with van der Waals surface area (Å²) in [5.41, 5.74) is 6.59.